The lowest BCUT2D eigenvalue weighted by Gasteiger charge is -2.12. The van der Waals surface area contributed by atoms with Crippen molar-refractivity contribution in [2.75, 3.05) is 14.2 Å². The number of esters is 1. The summed E-state index contributed by atoms with van der Waals surface area (Å²) in [5.74, 6) is -0.104. The molecule has 5 heteroatoms. The molecule has 0 bridgehead atoms. The van der Waals surface area contributed by atoms with Gasteiger partial charge in [-0.25, -0.2) is 0 Å². The summed E-state index contributed by atoms with van der Waals surface area (Å²) in [6, 6.07) is 4.20. The van der Waals surface area contributed by atoms with Gasteiger partial charge in [-0.15, -0.1) is 0 Å². The lowest BCUT2D eigenvalue weighted by atomic mass is 9.98. The Labute approximate surface area is 106 Å². The van der Waals surface area contributed by atoms with E-state index in [1.54, 1.807) is 32.2 Å². The van der Waals surface area contributed by atoms with E-state index in [4.69, 9.17) is 10.5 Å². The van der Waals surface area contributed by atoms with E-state index >= 15 is 0 Å². The summed E-state index contributed by atoms with van der Waals surface area (Å²) in [6.45, 7) is 1.79. The van der Waals surface area contributed by atoms with Crippen molar-refractivity contribution < 1.29 is 19.1 Å². The second kappa shape index (κ2) is 6.16. The van der Waals surface area contributed by atoms with Crippen LogP contribution in [0.4, 0.5) is 0 Å². The summed E-state index contributed by atoms with van der Waals surface area (Å²) in [7, 11) is 2.82. The monoisotopic (exact) mass is 251 g/mol. The summed E-state index contributed by atoms with van der Waals surface area (Å²) in [4.78, 5) is 23.1. The number of carbonyl (C=O) groups excluding carboxylic acids is 2. The van der Waals surface area contributed by atoms with Gasteiger partial charge in [0, 0.05) is 5.56 Å². The molecule has 0 amide bonds. The van der Waals surface area contributed by atoms with Crippen molar-refractivity contribution in [1.29, 1.82) is 0 Å². The van der Waals surface area contributed by atoms with Crippen LogP contribution in [-0.2, 0) is 9.53 Å². The molecule has 0 saturated carbocycles. The Morgan fingerprint density at radius 1 is 1.33 bits per heavy atom. The third-order valence-corrected chi connectivity index (χ3v) is 2.65. The van der Waals surface area contributed by atoms with Crippen LogP contribution in [0.1, 0.15) is 22.3 Å². The summed E-state index contributed by atoms with van der Waals surface area (Å²) < 4.78 is 9.54. The topological polar surface area (TPSA) is 78.6 Å². The molecule has 0 saturated heterocycles. The first kappa shape index (κ1) is 14.2. The van der Waals surface area contributed by atoms with E-state index in [1.807, 2.05) is 0 Å². The highest BCUT2D eigenvalue weighted by Gasteiger charge is 2.21. The number of rotatable bonds is 5. The molecule has 1 aromatic carbocycles. The van der Waals surface area contributed by atoms with Gasteiger partial charge in [0.25, 0.3) is 0 Å². The van der Waals surface area contributed by atoms with Crippen molar-refractivity contribution in [3.05, 3.63) is 29.3 Å². The van der Waals surface area contributed by atoms with Crippen LogP contribution >= 0.6 is 0 Å². The molecule has 18 heavy (non-hydrogen) atoms. The molecule has 0 aliphatic carbocycles. The Morgan fingerprint density at radius 3 is 2.50 bits per heavy atom. The van der Waals surface area contributed by atoms with Crippen LogP contribution in [0.3, 0.4) is 0 Å². The fraction of sp³-hybridized carbons (Fsp3) is 0.385. The minimum Gasteiger partial charge on any atom is -0.497 e. The lowest BCUT2D eigenvalue weighted by molar-refractivity contribution is -0.140. The number of hydrogen-bond acceptors (Lipinski definition) is 5. The third kappa shape index (κ3) is 3.30. The molecule has 1 rings (SSSR count). The molecule has 1 atom stereocenters. The van der Waals surface area contributed by atoms with Gasteiger partial charge < -0.3 is 15.2 Å². The molecule has 0 fully saturated rings. The summed E-state index contributed by atoms with van der Waals surface area (Å²) in [5, 5.41) is 0. The van der Waals surface area contributed by atoms with Gasteiger partial charge in [-0.2, -0.15) is 0 Å². The van der Waals surface area contributed by atoms with Gasteiger partial charge in [0.05, 0.1) is 26.7 Å². The molecular formula is C13H17NO4. The first-order chi connectivity index (χ1) is 8.49. The zero-order valence-corrected chi connectivity index (χ0v) is 10.7. The normalized spacial score (nSPS) is 11.8. The second-order valence-electron chi connectivity index (χ2n) is 3.93. The van der Waals surface area contributed by atoms with Crippen molar-refractivity contribution in [3.8, 4) is 5.75 Å². The molecule has 0 aromatic heterocycles. The predicted molar refractivity (Wildman–Crippen MR) is 66.7 cm³/mol. The van der Waals surface area contributed by atoms with Crippen molar-refractivity contribution in [2.24, 2.45) is 5.73 Å². The highest BCUT2D eigenvalue weighted by atomic mass is 16.5. The van der Waals surface area contributed by atoms with E-state index in [-0.39, 0.29) is 12.2 Å². The van der Waals surface area contributed by atoms with Crippen LogP contribution in [0.5, 0.6) is 5.75 Å². The molecule has 5 nitrogen and oxygen atoms in total. The highest BCUT2D eigenvalue weighted by molar-refractivity contribution is 6.02. The molecule has 0 aliphatic heterocycles. The standard InChI is InChI=1S/C13H17NO4/c1-8-6-9(17-2)4-5-10(8)13(16)11(14)7-12(15)18-3/h4-6,11H,7,14H2,1-3H3. The Kier molecular flexibility index (Phi) is 4.85. The van der Waals surface area contributed by atoms with E-state index in [2.05, 4.69) is 4.74 Å². The number of ether oxygens (including phenoxy) is 2. The van der Waals surface area contributed by atoms with Crippen molar-refractivity contribution in [1.82, 2.24) is 0 Å². The lowest BCUT2D eigenvalue weighted by Crippen LogP contribution is -2.33. The summed E-state index contributed by atoms with van der Waals surface area (Å²) in [5.41, 5.74) is 6.94. The van der Waals surface area contributed by atoms with Gasteiger partial charge in [-0.1, -0.05) is 0 Å². The maximum Gasteiger partial charge on any atom is 0.307 e. The molecule has 0 heterocycles. The molecule has 98 valence electrons. The summed E-state index contributed by atoms with van der Waals surface area (Å²) in [6.07, 6.45) is -0.124. The molecule has 2 N–H and O–H groups in total. The van der Waals surface area contributed by atoms with Gasteiger partial charge >= 0.3 is 5.97 Å². The number of benzene rings is 1. The molecule has 1 aromatic rings. The average Bonchev–Trinajstić information content (AvgIpc) is 2.37. The van der Waals surface area contributed by atoms with E-state index < -0.39 is 12.0 Å². The number of methoxy groups -OCH3 is 2. The van der Waals surface area contributed by atoms with Crippen LogP contribution < -0.4 is 10.5 Å². The first-order valence-corrected chi connectivity index (χ1v) is 5.50. The molecule has 1 unspecified atom stereocenters. The van der Waals surface area contributed by atoms with Gasteiger partial charge in [-0.3, -0.25) is 9.59 Å². The highest BCUT2D eigenvalue weighted by Crippen LogP contribution is 2.18. The van der Waals surface area contributed by atoms with E-state index in [0.717, 1.165) is 5.56 Å². The smallest absolute Gasteiger partial charge is 0.307 e. The molecular weight excluding hydrogens is 234 g/mol. The van der Waals surface area contributed by atoms with Crippen molar-refractivity contribution in [2.45, 2.75) is 19.4 Å². The Bertz CT molecular complexity index is 456. The Balaban J connectivity index is 2.86. The van der Waals surface area contributed by atoms with Crippen LogP contribution in [-0.4, -0.2) is 32.0 Å². The van der Waals surface area contributed by atoms with Gasteiger partial charge in [0.15, 0.2) is 5.78 Å². The molecule has 0 spiro atoms. The largest absolute Gasteiger partial charge is 0.497 e. The van der Waals surface area contributed by atoms with Crippen LogP contribution in [0.2, 0.25) is 0 Å². The third-order valence-electron chi connectivity index (χ3n) is 2.65. The van der Waals surface area contributed by atoms with E-state index in [1.165, 1.54) is 7.11 Å². The first-order valence-electron chi connectivity index (χ1n) is 5.50. The fourth-order valence-electron chi connectivity index (χ4n) is 1.59. The minimum absolute atomic E-state index is 0.124. The number of hydrogen-bond donors (Lipinski definition) is 1. The van der Waals surface area contributed by atoms with Gasteiger partial charge in [-0.05, 0) is 30.7 Å². The predicted octanol–water partition coefficient (Wildman–Crippen LogP) is 1.08. The SMILES string of the molecule is COC(=O)CC(N)C(=O)c1ccc(OC)cc1C. The Morgan fingerprint density at radius 2 is 2.00 bits per heavy atom. The number of nitrogens with two attached hydrogens (primary N) is 1. The summed E-state index contributed by atoms with van der Waals surface area (Å²) >= 11 is 0. The average molecular weight is 251 g/mol. The number of carbonyl (C=O) groups is 2. The number of Topliss-reactive ketones (excluding diaryl/α,β-unsaturated/α-hetero) is 1. The maximum atomic E-state index is 12.0. The van der Waals surface area contributed by atoms with Crippen molar-refractivity contribution >= 4 is 11.8 Å². The zero-order valence-electron chi connectivity index (χ0n) is 10.7. The quantitative estimate of drug-likeness (QED) is 0.625. The van der Waals surface area contributed by atoms with E-state index in [9.17, 15) is 9.59 Å². The van der Waals surface area contributed by atoms with Crippen LogP contribution in [0.25, 0.3) is 0 Å². The van der Waals surface area contributed by atoms with Crippen LogP contribution in [0, 0.1) is 6.92 Å². The fourth-order valence-corrected chi connectivity index (χ4v) is 1.59. The van der Waals surface area contributed by atoms with Gasteiger partial charge in [0.1, 0.15) is 5.75 Å². The van der Waals surface area contributed by atoms with Crippen molar-refractivity contribution in [3.63, 3.8) is 0 Å². The molecule has 0 aliphatic rings. The zero-order chi connectivity index (χ0) is 13.7. The minimum atomic E-state index is -0.885. The van der Waals surface area contributed by atoms with Gasteiger partial charge in [0.2, 0.25) is 0 Å². The number of aryl methyl sites for hydroxylation is 1. The maximum absolute atomic E-state index is 12.0. The Hall–Kier alpha value is -1.88. The van der Waals surface area contributed by atoms with E-state index in [0.29, 0.717) is 11.3 Å². The van der Waals surface area contributed by atoms with Crippen LogP contribution in [0.15, 0.2) is 18.2 Å². The molecule has 0 radical (unpaired) electrons. The number of ketones is 1. The second-order valence-corrected chi connectivity index (χ2v) is 3.93.